The fraction of sp³-hybridized carbons (Fsp3) is 0.588. The number of aryl methyl sites for hydroxylation is 1. The predicted molar refractivity (Wildman–Crippen MR) is 89.7 cm³/mol. The lowest BCUT2D eigenvalue weighted by atomic mass is 9.96. The monoisotopic (exact) mass is 336 g/mol. The van der Waals surface area contributed by atoms with E-state index in [1.165, 1.54) is 17.4 Å². The molecular formula is C17H24N2O3S. The molecule has 2 aliphatic rings. The third-order valence-corrected chi connectivity index (χ3v) is 5.67. The van der Waals surface area contributed by atoms with Gasteiger partial charge in [-0.25, -0.2) is 13.1 Å². The molecule has 6 heteroatoms. The normalized spacial score (nSPS) is 22.1. The molecule has 126 valence electrons. The number of nitrogens with zero attached hydrogens (tertiary/aromatic N) is 1. The second-order valence-corrected chi connectivity index (χ2v) is 8.46. The van der Waals surface area contributed by atoms with Crippen molar-refractivity contribution in [3.8, 4) is 0 Å². The van der Waals surface area contributed by atoms with E-state index in [-0.39, 0.29) is 11.9 Å². The maximum absolute atomic E-state index is 12.5. The molecule has 0 unspecified atom stereocenters. The van der Waals surface area contributed by atoms with Gasteiger partial charge in [-0.15, -0.1) is 0 Å². The highest BCUT2D eigenvalue weighted by Crippen LogP contribution is 2.35. The van der Waals surface area contributed by atoms with Crippen molar-refractivity contribution in [2.45, 2.75) is 44.1 Å². The van der Waals surface area contributed by atoms with Crippen molar-refractivity contribution in [2.75, 3.05) is 19.3 Å². The van der Waals surface area contributed by atoms with Crippen LogP contribution in [0.5, 0.6) is 0 Å². The van der Waals surface area contributed by atoms with Crippen LogP contribution >= 0.6 is 0 Å². The Hall–Kier alpha value is -1.40. The zero-order chi connectivity index (χ0) is 16.4. The summed E-state index contributed by atoms with van der Waals surface area (Å²) in [5, 5.41) is 0. The molecule has 23 heavy (non-hydrogen) atoms. The minimum absolute atomic E-state index is 0.0405. The van der Waals surface area contributed by atoms with Crippen LogP contribution in [0.25, 0.3) is 0 Å². The SMILES string of the molecule is CS(=O)(=O)NC1CCN(C(=O)C[C@@H]2CCc3ccccc32)CC1. The Morgan fingerprint density at radius 2 is 1.91 bits per heavy atom. The maximum Gasteiger partial charge on any atom is 0.223 e. The number of hydrogen-bond acceptors (Lipinski definition) is 3. The zero-order valence-corrected chi connectivity index (χ0v) is 14.3. The number of sulfonamides is 1. The summed E-state index contributed by atoms with van der Waals surface area (Å²) < 4.78 is 25.2. The van der Waals surface area contributed by atoms with Crippen LogP contribution in [-0.4, -0.2) is 44.6 Å². The van der Waals surface area contributed by atoms with Crippen LogP contribution in [0.3, 0.4) is 0 Å². The highest BCUT2D eigenvalue weighted by molar-refractivity contribution is 7.88. The summed E-state index contributed by atoms with van der Waals surface area (Å²) in [6, 6.07) is 8.36. The fourth-order valence-corrected chi connectivity index (χ4v) is 4.59. The summed E-state index contributed by atoms with van der Waals surface area (Å²) in [4.78, 5) is 14.4. The molecular weight excluding hydrogens is 312 g/mol. The van der Waals surface area contributed by atoms with Crippen molar-refractivity contribution >= 4 is 15.9 Å². The number of nitrogens with one attached hydrogen (secondary N) is 1. The van der Waals surface area contributed by atoms with Crippen molar-refractivity contribution in [3.05, 3.63) is 35.4 Å². The highest BCUT2D eigenvalue weighted by atomic mass is 32.2. The highest BCUT2D eigenvalue weighted by Gasteiger charge is 2.29. The molecule has 1 aromatic rings. The number of amides is 1. The molecule has 0 saturated carbocycles. The van der Waals surface area contributed by atoms with E-state index in [2.05, 4.69) is 22.9 Å². The standard InChI is InChI=1S/C17H24N2O3S/c1-23(21,22)18-15-8-10-19(11-9-15)17(20)12-14-7-6-13-4-2-3-5-16(13)14/h2-5,14-15,18H,6-12H2,1H3/t14-/m0/s1. The van der Waals surface area contributed by atoms with Gasteiger partial charge in [0.2, 0.25) is 15.9 Å². The Bertz CT molecular complexity index is 679. The molecule has 1 atom stereocenters. The summed E-state index contributed by atoms with van der Waals surface area (Å²) in [6.45, 7) is 1.28. The summed E-state index contributed by atoms with van der Waals surface area (Å²) in [7, 11) is -3.17. The Morgan fingerprint density at radius 1 is 1.22 bits per heavy atom. The zero-order valence-electron chi connectivity index (χ0n) is 13.5. The molecule has 5 nitrogen and oxygen atoms in total. The summed E-state index contributed by atoms with van der Waals surface area (Å²) in [5.74, 6) is 0.537. The van der Waals surface area contributed by atoms with E-state index in [1.54, 1.807) is 0 Å². The quantitative estimate of drug-likeness (QED) is 0.909. The smallest absolute Gasteiger partial charge is 0.223 e. The molecule has 1 aliphatic heterocycles. The third-order valence-electron chi connectivity index (χ3n) is 4.91. The first kappa shape index (κ1) is 16.5. The fourth-order valence-electron chi connectivity index (χ4n) is 3.75. The van der Waals surface area contributed by atoms with Crippen molar-refractivity contribution in [1.82, 2.24) is 9.62 Å². The molecule has 0 bridgehead atoms. The van der Waals surface area contributed by atoms with Gasteiger partial charge in [-0.3, -0.25) is 4.79 Å². The Labute approximate surface area is 138 Å². The minimum atomic E-state index is -3.17. The molecule has 1 saturated heterocycles. The average molecular weight is 336 g/mol. The van der Waals surface area contributed by atoms with Crippen LogP contribution in [0.4, 0.5) is 0 Å². The van der Waals surface area contributed by atoms with Crippen LogP contribution in [0.15, 0.2) is 24.3 Å². The van der Waals surface area contributed by atoms with Gasteiger partial charge in [-0.05, 0) is 42.7 Å². The third kappa shape index (κ3) is 4.12. The lowest BCUT2D eigenvalue weighted by molar-refractivity contribution is -0.132. The number of hydrogen-bond donors (Lipinski definition) is 1. The van der Waals surface area contributed by atoms with Crippen LogP contribution in [0, 0.1) is 0 Å². The van der Waals surface area contributed by atoms with E-state index in [4.69, 9.17) is 0 Å². The van der Waals surface area contributed by atoms with Gasteiger partial charge in [0.05, 0.1) is 6.26 Å². The molecule has 1 aromatic carbocycles. The maximum atomic E-state index is 12.5. The lowest BCUT2D eigenvalue weighted by Crippen LogP contribution is -2.46. The van der Waals surface area contributed by atoms with E-state index in [0.717, 1.165) is 12.8 Å². The number of rotatable bonds is 4. The first-order chi connectivity index (χ1) is 10.9. The van der Waals surface area contributed by atoms with Gasteiger partial charge in [0.25, 0.3) is 0 Å². The van der Waals surface area contributed by atoms with Crippen LogP contribution in [0.1, 0.15) is 42.7 Å². The van der Waals surface area contributed by atoms with Gasteiger partial charge in [0.15, 0.2) is 0 Å². The Balaban J connectivity index is 1.53. The molecule has 0 radical (unpaired) electrons. The number of carbonyl (C=O) groups is 1. The summed E-state index contributed by atoms with van der Waals surface area (Å²) in [5.41, 5.74) is 2.70. The first-order valence-electron chi connectivity index (χ1n) is 8.25. The molecule has 0 aromatic heterocycles. The van der Waals surface area contributed by atoms with Crippen molar-refractivity contribution in [2.24, 2.45) is 0 Å². The van der Waals surface area contributed by atoms with E-state index < -0.39 is 10.0 Å². The summed E-state index contributed by atoms with van der Waals surface area (Å²) >= 11 is 0. The second-order valence-electron chi connectivity index (χ2n) is 6.68. The summed E-state index contributed by atoms with van der Waals surface area (Å²) in [6.07, 6.45) is 5.26. The largest absolute Gasteiger partial charge is 0.343 e. The Kier molecular flexibility index (Phi) is 4.73. The molecule has 1 heterocycles. The second kappa shape index (κ2) is 6.61. The van der Waals surface area contributed by atoms with E-state index >= 15 is 0 Å². The lowest BCUT2D eigenvalue weighted by Gasteiger charge is -2.32. The number of carbonyl (C=O) groups excluding carboxylic acids is 1. The number of piperidine rings is 1. The number of benzene rings is 1. The molecule has 1 amide bonds. The van der Waals surface area contributed by atoms with E-state index in [9.17, 15) is 13.2 Å². The van der Waals surface area contributed by atoms with Crippen molar-refractivity contribution in [1.29, 1.82) is 0 Å². The van der Waals surface area contributed by atoms with Gasteiger partial charge in [0.1, 0.15) is 0 Å². The van der Waals surface area contributed by atoms with Crippen molar-refractivity contribution < 1.29 is 13.2 Å². The Morgan fingerprint density at radius 3 is 2.61 bits per heavy atom. The van der Waals surface area contributed by atoms with Crippen LogP contribution < -0.4 is 4.72 Å². The van der Waals surface area contributed by atoms with Gasteiger partial charge in [-0.1, -0.05) is 24.3 Å². The molecule has 1 fully saturated rings. The van der Waals surface area contributed by atoms with E-state index in [0.29, 0.717) is 38.3 Å². The van der Waals surface area contributed by atoms with Gasteiger partial charge >= 0.3 is 0 Å². The average Bonchev–Trinajstić information content (AvgIpc) is 2.90. The minimum Gasteiger partial charge on any atom is -0.343 e. The van der Waals surface area contributed by atoms with Gasteiger partial charge < -0.3 is 4.90 Å². The van der Waals surface area contributed by atoms with Crippen molar-refractivity contribution in [3.63, 3.8) is 0 Å². The molecule has 0 spiro atoms. The van der Waals surface area contributed by atoms with Gasteiger partial charge in [0, 0.05) is 25.6 Å². The molecule has 1 N–H and O–H groups in total. The predicted octanol–water partition coefficient (Wildman–Crippen LogP) is 1.65. The first-order valence-corrected chi connectivity index (χ1v) is 10.1. The van der Waals surface area contributed by atoms with Gasteiger partial charge in [-0.2, -0.15) is 0 Å². The van der Waals surface area contributed by atoms with Crippen LogP contribution in [-0.2, 0) is 21.2 Å². The number of likely N-dealkylation sites (tertiary alicyclic amines) is 1. The topological polar surface area (TPSA) is 66.5 Å². The van der Waals surface area contributed by atoms with E-state index in [1.807, 2.05) is 11.0 Å². The molecule has 3 rings (SSSR count). The molecule has 1 aliphatic carbocycles. The number of fused-ring (bicyclic) bond motifs is 1. The van der Waals surface area contributed by atoms with Crippen LogP contribution in [0.2, 0.25) is 0 Å².